The normalized spacial score (nSPS) is 11.1. The largest absolute Gasteiger partial charge is 0.356 e. The van der Waals surface area contributed by atoms with E-state index in [-0.39, 0.29) is 18.1 Å². The van der Waals surface area contributed by atoms with E-state index in [0.717, 1.165) is 16.6 Å². The molecule has 0 fully saturated rings. The number of hydrogen-bond donors (Lipinski definition) is 2. The second-order valence-electron chi connectivity index (χ2n) is 5.35. The fourth-order valence-electron chi connectivity index (χ4n) is 2.49. The van der Waals surface area contributed by atoms with Crippen molar-refractivity contribution in [2.75, 3.05) is 12.3 Å². The minimum absolute atomic E-state index is 0.0973. The Labute approximate surface area is 142 Å². The molecule has 2 N–H and O–H groups in total. The maximum absolute atomic E-state index is 13.8. The van der Waals surface area contributed by atoms with Gasteiger partial charge in [-0.2, -0.15) is 0 Å². The molecule has 0 spiro atoms. The summed E-state index contributed by atoms with van der Waals surface area (Å²) in [7, 11) is 1.76. The van der Waals surface area contributed by atoms with Crippen LogP contribution in [0, 0.1) is 12.7 Å². The lowest BCUT2D eigenvalue weighted by Gasteiger charge is -2.05. The summed E-state index contributed by atoms with van der Waals surface area (Å²) in [4.78, 5) is 15.2. The minimum atomic E-state index is -0.309. The molecule has 0 atom stereocenters. The number of carbonyl (C=O) groups excluding carboxylic acids is 1. The van der Waals surface area contributed by atoms with E-state index in [1.54, 1.807) is 17.8 Å². The number of tetrazole rings is 1. The van der Waals surface area contributed by atoms with Crippen molar-refractivity contribution < 1.29 is 9.18 Å². The number of hydrogen-bond acceptors (Lipinski definition) is 5. The molecule has 0 aliphatic carbocycles. The van der Waals surface area contributed by atoms with Crippen LogP contribution in [0.3, 0.4) is 0 Å². The van der Waals surface area contributed by atoms with Gasteiger partial charge in [0.2, 0.25) is 11.1 Å². The number of fused-ring (bicyclic) bond motifs is 1. The lowest BCUT2D eigenvalue weighted by Crippen LogP contribution is -2.27. The highest BCUT2D eigenvalue weighted by Crippen LogP contribution is 2.24. The second-order valence-corrected chi connectivity index (χ2v) is 6.41. The summed E-state index contributed by atoms with van der Waals surface area (Å²) in [6.45, 7) is 2.35. The van der Waals surface area contributed by atoms with Crippen LogP contribution in [0.4, 0.5) is 4.39 Å². The fraction of sp³-hybridized carbons (Fsp3) is 0.333. The molecule has 3 rings (SSSR count). The number of aromatic nitrogens is 5. The second kappa shape index (κ2) is 7.00. The molecule has 2 heterocycles. The lowest BCUT2D eigenvalue weighted by molar-refractivity contribution is -0.120. The van der Waals surface area contributed by atoms with Gasteiger partial charge in [-0.15, -0.1) is 5.10 Å². The zero-order chi connectivity index (χ0) is 17.1. The molecule has 0 radical (unpaired) electrons. The number of thioether (sulfide) groups is 1. The number of halogens is 1. The maximum Gasteiger partial charge on any atom is 0.224 e. The molecule has 3 aromatic rings. The van der Waals surface area contributed by atoms with E-state index in [4.69, 9.17) is 0 Å². The lowest BCUT2D eigenvalue weighted by atomic mass is 10.1. The SMILES string of the molecule is Cc1[nH]c2c(F)cccc2c1CC(=O)NCCSc1nnnn1C. The predicted molar refractivity (Wildman–Crippen MR) is 89.2 cm³/mol. The van der Waals surface area contributed by atoms with E-state index < -0.39 is 0 Å². The maximum atomic E-state index is 13.8. The van der Waals surface area contributed by atoms with Crippen LogP contribution >= 0.6 is 11.8 Å². The van der Waals surface area contributed by atoms with E-state index in [0.29, 0.717) is 23.0 Å². The third-order valence-electron chi connectivity index (χ3n) is 3.68. The number of H-pyrrole nitrogens is 1. The number of nitrogens with one attached hydrogen (secondary N) is 2. The number of nitrogens with zero attached hydrogens (tertiary/aromatic N) is 4. The Bertz CT molecular complexity index is 874. The van der Waals surface area contributed by atoms with Crippen LogP contribution in [-0.2, 0) is 18.3 Å². The Kier molecular flexibility index (Phi) is 4.79. The van der Waals surface area contributed by atoms with Gasteiger partial charge in [0, 0.05) is 30.4 Å². The zero-order valence-electron chi connectivity index (χ0n) is 13.3. The topological polar surface area (TPSA) is 88.5 Å². The quantitative estimate of drug-likeness (QED) is 0.522. The summed E-state index contributed by atoms with van der Waals surface area (Å²) >= 11 is 1.47. The van der Waals surface area contributed by atoms with Crippen LogP contribution in [0.15, 0.2) is 23.4 Å². The first-order valence-corrected chi connectivity index (χ1v) is 8.42. The highest BCUT2D eigenvalue weighted by molar-refractivity contribution is 7.99. The highest BCUT2D eigenvalue weighted by atomic mass is 32.2. The van der Waals surface area contributed by atoms with E-state index in [2.05, 4.69) is 25.8 Å². The summed E-state index contributed by atoms with van der Waals surface area (Å²) in [5.74, 6) is 0.262. The minimum Gasteiger partial charge on any atom is -0.356 e. The van der Waals surface area contributed by atoms with Crippen LogP contribution in [0.5, 0.6) is 0 Å². The van der Waals surface area contributed by atoms with E-state index in [1.807, 2.05) is 13.0 Å². The van der Waals surface area contributed by atoms with Gasteiger partial charge in [-0.05, 0) is 29.0 Å². The monoisotopic (exact) mass is 348 g/mol. The van der Waals surface area contributed by atoms with Gasteiger partial charge in [0.25, 0.3) is 0 Å². The van der Waals surface area contributed by atoms with Crippen molar-refractivity contribution in [1.29, 1.82) is 0 Å². The number of aromatic amines is 1. The summed E-state index contributed by atoms with van der Waals surface area (Å²) in [5, 5.41) is 15.5. The third kappa shape index (κ3) is 3.40. The fourth-order valence-corrected chi connectivity index (χ4v) is 3.20. The molecule has 0 aliphatic rings. The van der Waals surface area contributed by atoms with E-state index in [1.165, 1.54) is 17.8 Å². The first kappa shape index (κ1) is 16.4. The Morgan fingerprint density at radius 1 is 1.46 bits per heavy atom. The summed E-state index contributed by atoms with van der Waals surface area (Å²) < 4.78 is 15.4. The molecule has 0 saturated carbocycles. The van der Waals surface area contributed by atoms with Crippen molar-refractivity contribution in [2.24, 2.45) is 7.05 Å². The molecule has 0 saturated heterocycles. The molecule has 126 valence electrons. The van der Waals surface area contributed by atoms with Gasteiger partial charge in [-0.25, -0.2) is 9.07 Å². The number of benzene rings is 1. The van der Waals surface area contributed by atoms with Gasteiger partial charge >= 0.3 is 0 Å². The van der Waals surface area contributed by atoms with Crippen LogP contribution in [0.1, 0.15) is 11.3 Å². The standard InChI is InChI=1S/C15H17FN6OS/c1-9-11(10-4-3-5-12(16)14(10)18-9)8-13(23)17-6-7-24-15-19-20-21-22(15)2/h3-5,18H,6-8H2,1-2H3,(H,17,23). The molecule has 1 aromatic carbocycles. The molecule has 24 heavy (non-hydrogen) atoms. The third-order valence-corrected chi connectivity index (χ3v) is 4.69. The van der Waals surface area contributed by atoms with E-state index >= 15 is 0 Å². The molecule has 7 nitrogen and oxygen atoms in total. The number of rotatable bonds is 6. The molecule has 2 aromatic heterocycles. The zero-order valence-corrected chi connectivity index (χ0v) is 14.2. The first-order chi connectivity index (χ1) is 11.6. The molecule has 1 amide bonds. The van der Waals surface area contributed by atoms with E-state index in [9.17, 15) is 9.18 Å². The van der Waals surface area contributed by atoms with Crippen molar-refractivity contribution in [2.45, 2.75) is 18.5 Å². The van der Waals surface area contributed by atoms with Crippen molar-refractivity contribution in [3.8, 4) is 0 Å². The molecule has 0 aliphatic heterocycles. The van der Waals surface area contributed by atoms with Gasteiger partial charge in [0.05, 0.1) is 11.9 Å². The Morgan fingerprint density at radius 2 is 2.29 bits per heavy atom. The van der Waals surface area contributed by atoms with Gasteiger partial charge in [-0.3, -0.25) is 4.79 Å². The van der Waals surface area contributed by atoms with Crippen molar-refractivity contribution in [3.63, 3.8) is 0 Å². The number of para-hydroxylation sites is 1. The van der Waals surface area contributed by atoms with Crippen LogP contribution in [0.25, 0.3) is 10.9 Å². The number of carbonyl (C=O) groups is 1. The summed E-state index contributed by atoms with van der Waals surface area (Å²) in [5.41, 5.74) is 2.08. The number of amides is 1. The van der Waals surface area contributed by atoms with Crippen molar-refractivity contribution in [3.05, 3.63) is 35.3 Å². The van der Waals surface area contributed by atoms with Crippen LogP contribution in [-0.4, -0.2) is 43.4 Å². The molecule has 9 heteroatoms. The average molecular weight is 348 g/mol. The molecule has 0 bridgehead atoms. The smallest absolute Gasteiger partial charge is 0.224 e. The van der Waals surface area contributed by atoms with Gasteiger partial charge in [0.1, 0.15) is 5.82 Å². The summed E-state index contributed by atoms with van der Waals surface area (Å²) in [6, 6.07) is 4.88. The highest BCUT2D eigenvalue weighted by Gasteiger charge is 2.14. The van der Waals surface area contributed by atoms with Crippen molar-refractivity contribution >= 4 is 28.6 Å². The van der Waals surface area contributed by atoms with Crippen LogP contribution < -0.4 is 5.32 Å². The van der Waals surface area contributed by atoms with Gasteiger partial charge in [-0.1, -0.05) is 23.9 Å². The molecular formula is C15H17FN6OS. The van der Waals surface area contributed by atoms with Crippen LogP contribution in [0.2, 0.25) is 0 Å². The van der Waals surface area contributed by atoms with Gasteiger partial charge < -0.3 is 10.3 Å². The van der Waals surface area contributed by atoms with Gasteiger partial charge in [0.15, 0.2) is 0 Å². The Morgan fingerprint density at radius 3 is 3.04 bits per heavy atom. The predicted octanol–water partition coefficient (Wildman–Crippen LogP) is 1.59. The number of aryl methyl sites for hydroxylation is 2. The average Bonchev–Trinajstić information content (AvgIpc) is 3.09. The van der Waals surface area contributed by atoms with Crippen molar-refractivity contribution in [1.82, 2.24) is 30.5 Å². The Balaban J connectivity index is 1.56. The molecule has 0 unspecified atom stereocenters. The first-order valence-electron chi connectivity index (χ1n) is 7.44. The molecular weight excluding hydrogens is 331 g/mol. The summed E-state index contributed by atoms with van der Waals surface area (Å²) in [6.07, 6.45) is 0.214. The Hall–Kier alpha value is -2.42.